The zero-order valence-corrected chi connectivity index (χ0v) is 10.8. The number of aliphatic hydroxyl groups excluding tert-OH is 1. The van der Waals surface area contributed by atoms with E-state index in [1.807, 2.05) is 38.1 Å². The van der Waals surface area contributed by atoms with Crippen LogP contribution in [-0.2, 0) is 0 Å². The molecule has 96 valence electrons. The fourth-order valence-corrected chi connectivity index (χ4v) is 1.62. The van der Waals surface area contributed by atoms with Gasteiger partial charge in [0.2, 0.25) is 0 Å². The third-order valence-corrected chi connectivity index (χ3v) is 3.18. The van der Waals surface area contributed by atoms with Crippen LogP contribution in [0.25, 0.3) is 0 Å². The summed E-state index contributed by atoms with van der Waals surface area (Å²) in [5.74, 6) is 0.642. The molecule has 1 rings (SSSR count). The first kappa shape index (κ1) is 14.0. The fraction of sp³-hybridized carbons (Fsp3) is 0.571. The molecule has 0 unspecified atom stereocenters. The van der Waals surface area contributed by atoms with Crippen molar-refractivity contribution in [1.29, 1.82) is 0 Å². The van der Waals surface area contributed by atoms with Crippen LogP contribution in [0.4, 0.5) is 0 Å². The summed E-state index contributed by atoms with van der Waals surface area (Å²) in [7, 11) is 0. The monoisotopic (exact) mass is 238 g/mol. The topological polar surface area (TPSA) is 49.7 Å². The predicted octanol–water partition coefficient (Wildman–Crippen LogP) is 2.67. The van der Waals surface area contributed by atoms with Gasteiger partial charge in [-0.1, -0.05) is 32.0 Å². The summed E-state index contributed by atoms with van der Waals surface area (Å²) in [5, 5.41) is 19.7. The van der Waals surface area contributed by atoms with E-state index in [1.165, 1.54) is 0 Å². The van der Waals surface area contributed by atoms with Gasteiger partial charge in [-0.15, -0.1) is 0 Å². The number of hydrogen-bond donors (Lipinski definition) is 2. The minimum absolute atomic E-state index is 0.254. The second kappa shape index (κ2) is 6.03. The molecule has 1 atom stereocenters. The van der Waals surface area contributed by atoms with Crippen molar-refractivity contribution in [1.82, 2.24) is 0 Å². The average Bonchev–Trinajstić information content (AvgIpc) is 2.36. The minimum atomic E-state index is -0.786. The van der Waals surface area contributed by atoms with Crippen LogP contribution >= 0.6 is 0 Å². The summed E-state index contributed by atoms with van der Waals surface area (Å²) in [6, 6.07) is 7.36. The number of ether oxygens (including phenoxy) is 1. The SMILES string of the molecule is CCC(O)(CC)COc1ccccc1[C@@H](C)O. The Hall–Kier alpha value is -1.06. The van der Waals surface area contributed by atoms with Gasteiger partial charge in [-0.05, 0) is 25.8 Å². The van der Waals surface area contributed by atoms with Crippen LogP contribution in [0.3, 0.4) is 0 Å². The number of hydrogen-bond acceptors (Lipinski definition) is 3. The molecule has 3 heteroatoms. The highest BCUT2D eigenvalue weighted by Gasteiger charge is 2.23. The van der Waals surface area contributed by atoms with Gasteiger partial charge in [0.25, 0.3) is 0 Å². The highest BCUT2D eigenvalue weighted by molar-refractivity contribution is 5.34. The maximum atomic E-state index is 10.1. The van der Waals surface area contributed by atoms with E-state index in [4.69, 9.17) is 4.74 Å². The molecule has 0 amide bonds. The van der Waals surface area contributed by atoms with Gasteiger partial charge < -0.3 is 14.9 Å². The van der Waals surface area contributed by atoms with Crippen LogP contribution in [0.15, 0.2) is 24.3 Å². The van der Waals surface area contributed by atoms with Crippen molar-refractivity contribution in [3.05, 3.63) is 29.8 Å². The van der Waals surface area contributed by atoms with Gasteiger partial charge in [-0.25, -0.2) is 0 Å². The molecule has 1 aromatic carbocycles. The van der Waals surface area contributed by atoms with Crippen LogP contribution in [0.1, 0.15) is 45.3 Å². The summed E-state index contributed by atoms with van der Waals surface area (Å²) in [6.07, 6.45) is 0.739. The van der Waals surface area contributed by atoms with E-state index in [1.54, 1.807) is 6.92 Å². The molecular weight excluding hydrogens is 216 g/mol. The quantitative estimate of drug-likeness (QED) is 0.801. The molecule has 0 radical (unpaired) electrons. The number of para-hydroxylation sites is 1. The standard InChI is InChI=1S/C14H22O3/c1-4-14(16,5-2)10-17-13-9-7-6-8-12(13)11(3)15/h6-9,11,15-16H,4-5,10H2,1-3H3/t11-/m1/s1. The number of benzene rings is 1. The molecule has 0 heterocycles. The summed E-state index contributed by atoms with van der Waals surface area (Å²) in [4.78, 5) is 0. The van der Waals surface area contributed by atoms with E-state index in [0.717, 1.165) is 5.56 Å². The Kier molecular flexibility index (Phi) is 4.97. The molecule has 0 aromatic heterocycles. The minimum Gasteiger partial charge on any atom is -0.490 e. The van der Waals surface area contributed by atoms with E-state index in [-0.39, 0.29) is 6.61 Å². The van der Waals surface area contributed by atoms with Crippen molar-refractivity contribution in [3.63, 3.8) is 0 Å². The normalized spacial score (nSPS) is 13.5. The van der Waals surface area contributed by atoms with Crippen LogP contribution in [-0.4, -0.2) is 22.4 Å². The lowest BCUT2D eigenvalue weighted by Crippen LogP contribution is -2.34. The van der Waals surface area contributed by atoms with E-state index in [2.05, 4.69) is 0 Å². The predicted molar refractivity (Wildman–Crippen MR) is 68.1 cm³/mol. The van der Waals surface area contributed by atoms with Gasteiger partial charge in [-0.2, -0.15) is 0 Å². The Balaban J connectivity index is 2.75. The van der Waals surface area contributed by atoms with Crippen LogP contribution in [0, 0.1) is 0 Å². The molecule has 0 saturated heterocycles. The number of rotatable bonds is 6. The van der Waals surface area contributed by atoms with Crippen LogP contribution in [0.5, 0.6) is 5.75 Å². The molecule has 0 spiro atoms. The van der Waals surface area contributed by atoms with Gasteiger partial charge in [-0.3, -0.25) is 0 Å². The Morgan fingerprint density at radius 2 is 1.82 bits per heavy atom. The molecule has 1 aromatic rings. The van der Waals surface area contributed by atoms with Crippen LogP contribution in [0.2, 0.25) is 0 Å². The average molecular weight is 238 g/mol. The van der Waals surface area contributed by atoms with Gasteiger partial charge in [0.05, 0.1) is 11.7 Å². The zero-order chi connectivity index (χ0) is 12.9. The second-order valence-electron chi connectivity index (χ2n) is 4.43. The van der Waals surface area contributed by atoms with Gasteiger partial charge >= 0.3 is 0 Å². The molecule has 0 fully saturated rings. The third kappa shape index (κ3) is 3.72. The first-order valence-corrected chi connectivity index (χ1v) is 6.14. The smallest absolute Gasteiger partial charge is 0.125 e. The Labute approximate surface area is 103 Å². The lowest BCUT2D eigenvalue weighted by molar-refractivity contribution is -0.0121. The van der Waals surface area contributed by atoms with Crippen molar-refractivity contribution < 1.29 is 14.9 Å². The maximum Gasteiger partial charge on any atom is 0.125 e. The summed E-state index contributed by atoms with van der Waals surface area (Å²) < 4.78 is 5.64. The lowest BCUT2D eigenvalue weighted by Gasteiger charge is -2.26. The molecule has 0 aliphatic carbocycles. The van der Waals surface area contributed by atoms with Crippen molar-refractivity contribution in [2.75, 3.05) is 6.61 Å². The molecular formula is C14H22O3. The Morgan fingerprint density at radius 3 is 2.35 bits per heavy atom. The first-order chi connectivity index (χ1) is 8.02. The van der Waals surface area contributed by atoms with Gasteiger partial charge in [0, 0.05) is 5.56 Å². The Morgan fingerprint density at radius 1 is 1.24 bits per heavy atom. The third-order valence-electron chi connectivity index (χ3n) is 3.18. The lowest BCUT2D eigenvalue weighted by atomic mass is 9.99. The summed E-state index contributed by atoms with van der Waals surface area (Å²) in [5.41, 5.74) is -0.0340. The first-order valence-electron chi connectivity index (χ1n) is 6.14. The van der Waals surface area contributed by atoms with Gasteiger partial charge in [0.1, 0.15) is 12.4 Å². The van der Waals surface area contributed by atoms with E-state index < -0.39 is 11.7 Å². The molecule has 0 aliphatic heterocycles. The summed E-state index contributed by atoms with van der Waals surface area (Å²) >= 11 is 0. The second-order valence-corrected chi connectivity index (χ2v) is 4.43. The van der Waals surface area contributed by atoms with E-state index in [9.17, 15) is 10.2 Å². The van der Waals surface area contributed by atoms with Crippen molar-refractivity contribution in [3.8, 4) is 5.75 Å². The van der Waals surface area contributed by atoms with Crippen LogP contribution < -0.4 is 4.74 Å². The van der Waals surface area contributed by atoms with Gasteiger partial charge in [0.15, 0.2) is 0 Å². The largest absolute Gasteiger partial charge is 0.490 e. The number of aliphatic hydroxyl groups is 2. The summed E-state index contributed by atoms with van der Waals surface area (Å²) in [6.45, 7) is 5.83. The molecule has 2 N–H and O–H groups in total. The zero-order valence-electron chi connectivity index (χ0n) is 10.8. The molecule has 3 nitrogen and oxygen atoms in total. The van der Waals surface area contributed by atoms with E-state index in [0.29, 0.717) is 18.6 Å². The molecule has 0 saturated carbocycles. The fourth-order valence-electron chi connectivity index (χ4n) is 1.62. The molecule has 17 heavy (non-hydrogen) atoms. The van der Waals surface area contributed by atoms with Crippen molar-refractivity contribution in [2.45, 2.75) is 45.3 Å². The highest BCUT2D eigenvalue weighted by atomic mass is 16.5. The van der Waals surface area contributed by atoms with Crippen molar-refractivity contribution >= 4 is 0 Å². The highest BCUT2D eigenvalue weighted by Crippen LogP contribution is 2.26. The van der Waals surface area contributed by atoms with E-state index >= 15 is 0 Å². The molecule has 0 bridgehead atoms. The Bertz CT molecular complexity index is 343. The molecule has 0 aliphatic rings. The maximum absolute atomic E-state index is 10.1. The van der Waals surface area contributed by atoms with Crippen molar-refractivity contribution in [2.24, 2.45) is 0 Å².